The fourth-order valence-electron chi connectivity index (χ4n) is 2.03. The van der Waals surface area contributed by atoms with Gasteiger partial charge in [0.2, 0.25) is 0 Å². The molecule has 1 aromatic rings. The van der Waals surface area contributed by atoms with Gasteiger partial charge in [0, 0.05) is 37.4 Å². The van der Waals surface area contributed by atoms with Gasteiger partial charge in [-0.05, 0) is 26.3 Å². The molecule has 1 aliphatic heterocycles. The Bertz CT molecular complexity index is 312. The van der Waals surface area contributed by atoms with Crippen molar-refractivity contribution in [1.82, 2.24) is 20.4 Å². The van der Waals surface area contributed by atoms with Crippen LogP contribution in [0.25, 0.3) is 0 Å². The van der Waals surface area contributed by atoms with Crippen molar-refractivity contribution in [3.8, 4) is 0 Å². The van der Waals surface area contributed by atoms with Crippen LogP contribution < -0.4 is 10.6 Å². The summed E-state index contributed by atoms with van der Waals surface area (Å²) in [5.74, 6) is 0. The fraction of sp³-hybridized carbons (Fsp3) is 0.727. The second kappa shape index (κ2) is 4.77. The van der Waals surface area contributed by atoms with E-state index in [9.17, 15) is 0 Å². The van der Waals surface area contributed by atoms with Crippen molar-refractivity contribution in [1.29, 1.82) is 0 Å². The van der Waals surface area contributed by atoms with Crippen LogP contribution in [0.2, 0.25) is 0 Å². The minimum Gasteiger partial charge on any atom is -0.313 e. The maximum Gasteiger partial charge on any atom is 0.0537 e. The molecule has 1 fully saturated rings. The average molecular weight is 208 g/mol. The molecule has 84 valence electrons. The van der Waals surface area contributed by atoms with Crippen LogP contribution in [-0.4, -0.2) is 28.9 Å². The minimum atomic E-state index is 0.668. The number of aromatic nitrogens is 2. The molecule has 2 N–H and O–H groups in total. The molecule has 0 aliphatic carbocycles. The third-order valence-electron chi connectivity index (χ3n) is 3.21. The van der Waals surface area contributed by atoms with E-state index in [2.05, 4.69) is 22.7 Å². The lowest BCUT2D eigenvalue weighted by Gasteiger charge is -2.10. The Hall–Kier alpha value is -0.870. The molecule has 0 radical (unpaired) electrons. The van der Waals surface area contributed by atoms with Gasteiger partial charge in [0.1, 0.15) is 0 Å². The highest BCUT2D eigenvalue weighted by Gasteiger charge is 2.13. The van der Waals surface area contributed by atoms with E-state index in [0.29, 0.717) is 6.04 Å². The molecule has 4 nitrogen and oxygen atoms in total. The van der Waals surface area contributed by atoms with Crippen LogP contribution in [0.15, 0.2) is 6.20 Å². The molecule has 0 aromatic carbocycles. The molecule has 2 rings (SSSR count). The number of nitrogens with one attached hydrogen (secondary N) is 2. The smallest absolute Gasteiger partial charge is 0.0537 e. The fourth-order valence-corrected chi connectivity index (χ4v) is 2.03. The SMILES string of the molecule is Cc1c(CNCC2CCCN2)cnn1C. The molecule has 0 saturated carbocycles. The third-order valence-corrected chi connectivity index (χ3v) is 3.21. The lowest BCUT2D eigenvalue weighted by Crippen LogP contribution is -2.33. The predicted octanol–water partition coefficient (Wildman–Crippen LogP) is 0.570. The Morgan fingerprint density at radius 1 is 1.67 bits per heavy atom. The van der Waals surface area contributed by atoms with Gasteiger partial charge < -0.3 is 10.6 Å². The highest BCUT2D eigenvalue weighted by Crippen LogP contribution is 2.06. The first-order valence-electron chi connectivity index (χ1n) is 5.69. The van der Waals surface area contributed by atoms with E-state index < -0.39 is 0 Å². The van der Waals surface area contributed by atoms with Crippen LogP contribution in [0.5, 0.6) is 0 Å². The van der Waals surface area contributed by atoms with Crippen molar-refractivity contribution in [2.24, 2.45) is 7.05 Å². The van der Waals surface area contributed by atoms with Crippen LogP contribution in [-0.2, 0) is 13.6 Å². The monoisotopic (exact) mass is 208 g/mol. The van der Waals surface area contributed by atoms with Crippen molar-refractivity contribution in [2.75, 3.05) is 13.1 Å². The molecule has 1 atom stereocenters. The Morgan fingerprint density at radius 2 is 2.53 bits per heavy atom. The standard InChI is InChI=1S/C11H20N4/c1-9-10(7-14-15(9)2)6-12-8-11-4-3-5-13-11/h7,11-13H,3-6,8H2,1-2H3. The normalized spacial score (nSPS) is 21.1. The Morgan fingerprint density at radius 3 is 3.13 bits per heavy atom. The third kappa shape index (κ3) is 2.58. The van der Waals surface area contributed by atoms with E-state index in [1.807, 2.05) is 17.9 Å². The largest absolute Gasteiger partial charge is 0.313 e. The second-order valence-electron chi connectivity index (χ2n) is 4.30. The van der Waals surface area contributed by atoms with Gasteiger partial charge in [0.25, 0.3) is 0 Å². The summed E-state index contributed by atoms with van der Waals surface area (Å²) in [6, 6.07) is 0.668. The maximum atomic E-state index is 4.23. The molecule has 0 bridgehead atoms. The summed E-state index contributed by atoms with van der Waals surface area (Å²) in [5, 5.41) is 11.2. The van der Waals surface area contributed by atoms with Crippen LogP contribution in [0.3, 0.4) is 0 Å². The van der Waals surface area contributed by atoms with Gasteiger partial charge in [-0.3, -0.25) is 4.68 Å². The van der Waals surface area contributed by atoms with Crippen LogP contribution in [0.4, 0.5) is 0 Å². The summed E-state index contributed by atoms with van der Waals surface area (Å²) in [6.07, 6.45) is 4.57. The summed E-state index contributed by atoms with van der Waals surface area (Å²) < 4.78 is 1.92. The summed E-state index contributed by atoms with van der Waals surface area (Å²) >= 11 is 0. The van der Waals surface area contributed by atoms with Gasteiger partial charge >= 0.3 is 0 Å². The average Bonchev–Trinajstić information content (AvgIpc) is 2.83. The van der Waals surface area contributed by atoms with Crippen molar-refractivity contribution in [3.63, 3.8) is 0 Å². The van der Waals surface area contributed by atoms with Crippen LogP contribution in [0.1, 0.15) is 24.1 Å². The quantitative estimate of drug-likeness (QED) is 0.760. The first kappa shape index (κ1) is 10.6. The van der Waals surface area contributed by atoms with Gasteiger partial charge in [-0.25, -0.2) is 0 Å². The van der Waals surface area contributed by atoms with Gasteiger partial charge in [-0.15, -0.1) is 0 Å². The Kier molecular flexibility index (Phi) is 3.38. The zero-order chi connectivity index (χ0) is 10.7. The van der Waals surface area contributed by atoms with E-state index >= 15 is 0 Å². The topological polar surface area (TPSA) is 41.9 Å². The molecule has 4 heteroatoms. The van der Waals surface area contributed by atoms with E-state index in [-0.39, 0.29) is 0 Å². The molecular formula is C11H20N4. The molecule has 0 amide bonds. The highest BCUT2D eigenvalue weighted by atomic mass is 15.3. The van der Waals surface area contributed by atoms with Gasteiger partial charge in [-0.1, -0.05) is 0 Å². The molecule has 1 saturated heterocycles. The van der Waals surface area contributed by atoms with Crippen molar-refractivity contribution in [2.45, 2.75) is 32.4 Å². The van der Waals surface area contributed by atoms with Gasteiger partial charge in [0.15, 0.2) is 0 Å². The molecular weight excluding hydrogens is 188 g/mol. The van der Waals surface area contributed by atoms with E-state index in [1.54, 1.807) is 0 Å². The van der Waals surface area contributed by atoms with Gasteiger partial charge in [-0.2, -0.15) is 5.10 Å². The van der Waals surface area contributed by atoms with E-state index in [4.69, 9.17) is 0 Å². The minimum absolute atomic E-state index is 0.668. The first-order chi connectivity index (χ1) is 7.27. The summed E-state index contributed by atoms with van der Waals surface area (Å²) in [7, 11) is 1.98. The lowest BCUT2D eigenvalue weighted by atomic mass is 10.2. The first-order valence-corrected chi connectivity index (χ1v) is 5.69. The molecule has 0 spiro atoms. The molecule has 1 aromatic heterocycles. The van der Waals surface area contributed by atoms with Crippen molar-refractivity contribution in [3.05, 3.63) is 17.5 Å². The predicted molar refractivity (Wildman–Crippen MR) is 60.7 cm³/mol. The summed E-state index contributed by atoms with van der Waals surface area (Å²) in [4.78, 5) is 0. The number of aryl methyl sites for hydroxylation is 1. The van der Waals surface area contributed by atoms with Crippen molar-refractivity contribution >= 4 is 0 Å². The molecule has 1 aliphatic rings. The number of nitrogens with zero attached hydrogens (tertiary/aromatic N) is 2. The second-order valence-corrected chi connectivity index (χ2v) is 4.30. The highest BCUT2D eigenvalue weighted by molar-refractivity contribution is 5.15. The van der Waals surface area contributed by atoms with Gasteiger partial charge in [0.05, 0.1) is 6.20 Å². The molecule has 15 heavy (non-hydrogen) atoms. The van der Waals surface area contributed by atoms with Crippen LogP contribution in [0, 0.1) is 6.92 Å². The summed E-state index contributed by atoms with van der Waals surface area (Å²) in [6.45, 7) is 5.28. The number of rotatable bonds is 4. The summed E-state index contributed by atoms with van der Waals surface area (Å²) in [5.41, 5.74) is 2.55. The van der Waals surface area contributed by atoms with E-state index in [0.717, 1.165) is 13.1 Å². The lowest BCUT2D eigenvalue weighted by molar-refractivity contribution is 0.535. The number of hydrogen-bond acceptors (Lipinski definition) is 3. The number of hydrogen-bond donors (Lipinski definition) is 2. The molecule has 2 heterocycles. The van der Waals surface area contributed by atoms with E-state index in [1.165, 1.54) is 30.6 Å². The van der Waals surface area contributed by atoms with Crippen molar-refractivity contribution < 1.29 is 0 Å². The Balaban J connectivity index is 1.75. The molecule has 1 unspecified atom stereocenters. The van der Waals surface area contributed by atoms with Crippen LogP contribution >= 0.6 is 0 Å². The maximum absolute atomic E-state index is 4.23. The Labute approximate surface area is 91.1 Å². The zero-order valence-electron chi connectivity index (χ0n) is 9.58. The zero-order valence-corrected chi connectivity index (χ0v) is 9.58.